The molecule has 1 heteroatoms. The molecule has 0 spiro atoms. The number of rotatable bonds is 4. The van der Waals surface area contributed by atoms with Crippen LogP contribution in [0.5, 0.6) is 0 Å². The summed E-state index contributed by atoms with van der Waals surface area (Å²) in [7, 11) is 0. The summed E-state index contributed by atoms with van der Waals surface area (Å²) in [5, 5.41) is 0. The Kier molecular flexibility index (Phi) is 6.35. The van der Waals surface area contributed by atoms with Crippen LogP contribution in [-0.2, 0) is 0 Å². The van der Waals surface area contributed by atoms with Gasteiger partial charge in [0.05, 0.1) is 5.70 Å². The fraction of sp³-hybridized carbons (Fsp3) is 0.357. The molecule has 0 fully saturated rings. The first-order valence-corrected chi connectivity index (χ1v) is 5.19. The molecular formula is C14H21N. The standard InChI is InChI=1S/C14H21N/c1-7-11(3)9-10-13(5)15-14(6)12(4)8-2/h7-10H,6H2,1-5H3/b10-9+,11-7+,12-8-,15-13?. The Morgan fingerprint density at radius 1 is 1.00 bits per heavy atom. The predicted octanol–water partition coefficient (Wildman–Crippen LogP) is 4.45. The van der Waals surface area contributed by atoms with E-state index in [1.807, 2.05) is 39.8 Å². The monoisotopic (exact) mass is 203 g/mol. The molecule has 15 heavy (non-hydrogen) atoms. The molecule has 0 heterocycles. The van der Waals surface area contributed by atoms with Crippen molar-refractivity contribution in [1.29, 1.82) is 0 Å². The van der Waals surface area contributed by atoms with E-state index in [1.165, 1.54) is 5.57 Å². The number of nitrogens with zero attached hydrogens (tertiary/aromatic N) is 1. The molecule has 0 aliphatic rings. The second kappa shape index (κ2) is 6.99. The lowest BCUT2D eigenvalue weighted by molar-refractivity contribution is 1.28. The van der Waals surface area contributed by atoms with Crippen LogP contribution in [0.3, 0.4) is 0 Å². The van der Waals surface area contributed by atoms with Crippen molar-refractivity contribution in [2.24, 2.45) is 4.99 Å². The summed E-state index contributed by atoms with van der Waals surface area (Å²) in [4.78, 5) is 4.39. The minimum Gasteiger partial charge on any atom is -0.254 e. The first-order valence-electron chi connectivity index (χ1n) is 5.19. The van der Waals surface area contributed by atoms with Gasteiger partial charge in [0.1, 0.15) is 0 Å². The Labute approximate surface area is 93.6 Å². The second-order valence-electron chi connectivity index (χ2n) is 3.54. The van der Waals surface area contributed by atoms with E-state index in [2.05, 4.69) is 30.6 Å². The maximum Gasteiger partial charge on any atom is 0.0586 e. The SMILES string of the molecule is C=C(N=C(C)/C=C/C(C)=C/C)/C(C)=C\C. The van der Waals surface area contributed by atoms with Crippen LogP contribution in [-0.4, -0.2) is 5.71 Å². The van der Waals surface area contributed by atoms with E-state index in [9.17, 15) is 0 Å². The highest BCUT2D eigenvalue weighted by Gasteiger charge is 1.92. The van der Waals surface area contributed by atoms with Crippen molar-refractivity contribution in [3.05, 3.63) is 47.7 Å². The largest absolute Gasteiger partial charge is 0.254 e. The van der Waals surface area contributed by atoms with Gasteiger partial charge in [-0.1, -0.05) is 30.4 Å². The second-order valence-corrected chi connectivity index (χ2v) is 3.54. The molecular weight excluding hydrogens is 182 g/mol. The first kappa shape index (κ1) is 13.6. The average Bonchev–Trinajstić information content (AvgIpc) is 2.24. The van der Waals surface area contributed by atoms with Crippen molar-refractivity contribution in [2.75, 3.05) is 0 Å². The lowest BCUT2D eigenvalue weighted by Crippen LogP contribution is -1.88. The van der Waals surface area contributed by atoms with Gasteiger partial charge in [-0.25, -0.2) is 0 Å². The van der Waals surface area contributed by atoms with E-state index < -0.39 is 0 Å². The van der Waals surface area contributed by atoms with Crippen molar-refractivity contribution in [2.45, 2.75) is 34.6 Å². The van der Waals surface area contributed by atoms with Crippen LogP contribution in [0.2, 0.25) is 0 Å². The van der Waals surface area contributed by atoms with E-state index >= 15 is 0 Å². The van der Waals surface area contributed by atoms with Gasteiger partial charge in [-0.15, -0.1) is 0 Å². The zero-order chi connectivity index (χ0) is 11.8. The molecule has 0 saturated carbocycles. The van der Waals surface area contributed by atoms with E-state index in [0.717, 1.165) is 17.0 Å². The van der Waals surface area contributed by atoms with E-state index in [0.29, 0.717) is 0 Å². The highest BCUT2D eigenvalue weighted by atomic mass is 14.7. The molecule has 82 valence electrons. The minimum absolute atomic E-state index is 0.831. The fourth-order valence-electron chi connectivity index (χ4n) is 0.853. The summed E-state index contributed by atoms with van der Waals surface area (Å²) in [5.41, 5.74) is 4.16. The Bertz CT molecular complexity index is 338. The van der Waals surface area contributed by atoms with Crippen molar-refractivity contribution in [3.8, 4) is 0 Å². The van der Waals surface area contributed by atoms with Gasteiger partial charge in [0.15, 0.2) is 0 Å². The predicted molar refractivity (Wildman–Crippen MR) is 70.3 cm³/mol. The topological polar surface area (TPSA) is 12.4 Å². The van der Waals surface area contributed by atoms with Crippen LogP contribution in [0.15, 0.2) is 52.7 Å². The van der Waals surface area contributed by atoms with Crippen LogP contribution in [0.1, 0.15) is 34.6 Å². The van der Waals surface area contributed by atoms with Crippen LogP contribution >= 0.6 is 0 Å². The third-order valence-electron chi connectivity index (χ3n) is 2.24. The summed E-state index contributed by atoms with van der Waals surface area (Å²) in [6, 6.07) is 0. The van der Waals surface area contributed by atoms with E-state index in [4.69, 9.17) is 0 Å². The summed E-state index contributed by atoms with van der Waals surface area (Å²) in [6.07, 6.45) is 8.14. The van der Waals surface area contributed by atoms with E-state index in [1.54, 1.807) is 0 Å². The molecule has 0 radical (unpaired) electrons. The van der Waals surface area contributed by atoms with Gasteiger partial charge in [0, 0.05) is 5.71 Å². The Morgan fingerprint density at radius 2 is 1.60 bits per heavy atom. The summed E-state index contributed by atoms with van der Waals surface area (Å²) < 4.78 is 0. The summed E-state index contributed by atoms with van der Waals surface area (Å²) in [6.45, 7) is 14.0. The zero-order valence-corrected chi connectivity index (χ0v) is 10.5. The molecule has 0 saturated heterocycles. The Morgan fingerprint density at radius 3 is 2.07 bits per heavy atom. The highest BCUT2D eigenvalue weighted by molar-refractivity contribution is 5.94. The Hall–Kier alpha value is -1.37. The van der Waals surface area contributed by atoms with Gasteiger partial charge < -0.3 is 0 Å². The van der Waals surface area contributed by atoms with Crippen molar-refractivity contribution in [3.63, 3.8) is 0 Å². The van der Waals surface area contributed by atoms with Crippen LogP contribution < -0.4 is 0 Å². The molecule has 0 amide bonds. The lowest BCUT2D eigenvalue weighted by Gasteiger charge is -1.99. The molecule has 0 atom stereocenters. The number of hydrogen-bond donors (Lipinski definition) is 0. The molecule has 0 aliphatic carbocycles. The maximum atomic E-state index is 4.39. The third-order valence-corrected chi connectivity index (χ3v) is 2.24. The quantitative estimate of drug-likeness (QED) is 0.473. The smallest absolute Gasteiger partial charge is 0.0586 e. The zero-order valence-electron chi connectivity index (χ0n) is 10.5. The van der Waals surface area contributed by atoms with Gasteiger partial charge in [0.2, 0.25) is 0 Å². The average molecular weight is 203 g/mol. The molecule has 0 aromatic carbocycles. The third kappa shape index (κ3) is 5.84. The van der Waals surface area contributed by atoms with Gasteiger partial charge >= 0.3 is 0 Å². The molecule has 0 rings (SSSR count). The first-order chi connectivity index (χ1) is 7.01. The number of hydrogen-bond acceptors (Lipinski definition) is 1. The fourth-order valence-corrected chi connectivity index (χ4v) is 0.853. The molecule has 0 aliphatic heterocycles. The molecule has 0 N–H and O–H groups in total. The summed E-state index contributed by atoms with van der Waals surface area (Å²) >= 11 is 0. The molecule has 0 aromatic rings. The molecule has 0 aromatic heterocycles. The Balaban J connectivity index is 4.59. The van der Waals surface area contributed by atoms with Crippen LogP contribution in [0.4, 0.5) is 0 Å². The molecule has 1 nitrogen and oxygen atoms in total. The van der Waals surface area contributed by atoms with Crippen LogP contribution in [0.25, 0.3) is 0 Å². The normalized spacial score (nSPS) is 14.9. The van der Waals surface area contributed by atoms with Crippen molar-refractivity contribution in [1.82, 2.24) is 0 Å². The highest BCUT2D eigenvalue weighted by Crippen LogP contribution is 2.08. The lowest BCUT2D eigenvalue weighted by atomic mass is 10.2. The van der Waals surface area contributed by atoms with Gasteiger partial charge in [0.25, 0.3) is 0 Å². The van der Waals surface area contributed by atoms with Crippen molar-refractivity contribution >= 4 is 5.71 Å². The minimum atomic E-state index is 0.831. The summed E-state index contributed by atoms with van der Waals surface area (Å²) in [5.74, 6) is 0. The van der Waals surface area contributed by atoms with Gasteiger partial charge in [-0.05, 0) is 46.3 Å². The number of allylic oxidation sites excluding steroid dienone is 6. The van der Waals surface area contributed by atoms with E-state index in [-0.39, 0.29) is 0 Å². The number of aliphatic imine (C=N–C) groups is 1. The van der Waals surface area contributed by atoms with Gasteiger partial charge in [-0.2, -0.15) is 0 Å². The molecule has 0 unspecified atom stereocenters. The van der Waals surface area contributed by atoms with Gasteiger partial charge in [-0.3, -0.25) is 4.99 Å². The van der Waals surface area contributed by atoms with Crippen LogP contribution in [0, 0.1) is 0 Å². The maximum absolute atomic E-state index is 4.39. The molecule has 0 bridgehead atoms. The van der Waals surface area contributed by atoms with Crippen molar-refractivity contribution < 1.29 is 0 Å².